The number of aromatic nitrogens is 4. The number of fused-ring (bicyclic) bond motifs is 1. The summed E-state index contributed by atoms with van der Waals surface area (Å²) >= 11 is 0. The van der Waals surface area contributed by atoms with Gasteiger partial charge in [0.2, 0.25) is 5.95 Å². The lowest BCUT2D eigenvalue weighted by Crippen LogP contribution is -2.37. The smallest absolute Gasteiger partial charge is 0.280 e. The Balaban J connectivity index is 2.11. The van der Waals surface area contributed by atoms with Crippen molar-refractivity contribution in [3.05, 3.63) is 16.7 Å². The number of rotatable bonds is 6. The van der Waals surface area contributed by atoms with Crippen LogP contribution in [0.1, 0.15) is 0 Å². The van der Waals surface area contributed by atoms with Crippen molar-refractivity contribution in [3.63, 3.8) is 0 Å². The van der Waals surface area contributed by atoms with E-state index in [1.807, 2.05) is 0 Å². The highest BCUT2D eigenvalue weighted by atomic mass is 16.3. The summed E-state index contributed by atoms with van der Waals surface area (Å²) in [4.78, 5) is 21.9. The molecule has 0 saturated carbocycles. The molecule has 0 aliphatic heterocycles. The van der Waals surface area contributed by atoms with Gasteiger partial charge in [0.1, 0.15) is 0 Å². The quantitative estimate of drug-likeness (QED) is 0.394. The first-order chi connectivity index (χ1) is 9.15. The minimum absolute atomic E-state index is 0.0378. The fourth-order valence-corrected chi connectivity index (χ4v) is 1.71. The van der Waals surface area contributed by atoms with Crippen molar-refractivity contribution in [1.29, 1.82) is 0 Å². The lowest BCUT2D eigenvalue weighted by molar-refractivity contribution is 0.170. The lowest BCUT2D eigenvalue weighted by atomic mass is 10.3. The van der Waals surface area contributed by atoms with Gasteiger partial charge in [-0.3, -0.25) is 9.78 Å². The Labute approximate surface area is 108 Å². The summed E-state index contributed by atoms with van der Waals surface area (Å²) in [6.07, 6.45) is 1.50. The van der Waals surface area contributed by atoms with E-state index in [0.29, 0.717) is 18.7 Å². The maximum absolute atomic E-state index is 11.6. The second kappa shape index (κ2) is 5.78. The number of nitrogen functional groups attached to an aromatic ring is 1. The number of H-pyrrole nitrogens is 1. The van der Waals surface area contributed by atoms with Crippen LogP contribution in [-0.4, -0.2) is 55.5 Å². The van der Waals surface area contributed by atoms with Crippen molar-refractivity contribution in [2.45, 2.75) is 12.6 Å². The largest absolute Gasteiger partial charge is 0.395 e. The van der Waals surface area contributed by atoms with Gasteiger partial charge in [0, 0.05) is 13.1 Å². The summed E-state index contributed by atoms with van der Waals surface area (Å²) in [5.74, 6) is 0.0378. The highest BCUT2D eigenvalue weighted by Gasteiger charge is 2.09. The van der Waals surface area contributed by atoms with Crippen molar-refractivity contribution in [3.8, 4) is 0 Å². The van der Waals surface area contributed by atoms with Crippen LogP contribution in [0.15, 0.2) is 11.1 Å². The number of nitrogens with two attached hydrogens (primary N) is 1. The van der Waals surface area contributed by atoms with Crippen LogP contribution in [-0.2, 0) is 6.54 Å². The molecule has 0 aliphatic rings. The molecule has 0 bridgehead atoms. The first-order valence-electron chi connectivity index (χ1n) is 5.81. The number of hydrogen-bond donors (Lipinski definition) is 5. The van der Waals surface area contributed by atoms with Gasteiger partial charge < -0.3 is 25.8 Å². The van der Waals surface area contributed by atoms with E-state index in [9.17, 15) is 4.79 Å². The molecule has 2 aromatic rings. The van der Waals surface area contributed by atoms with Gasteiger partial charge in [-0.15, -0.1) is 0 Å². The van der Waals surface area contributed by atoms with Crippen molar-refractivity contribution < 1.29 is 10.2 Å². The molecular weight excluding hydrogens is 252 g/mol. The molecule has 2 aromatic heterocycles. The van der Waals surface area contributed by atoms with E-state index >= 15 is 0 Å². The molecule has 2 rings (SSSR count). The number of anilines is 1. The molecule has 9 nitrogen and oxygen atoms in total. The second-order valence-electron chi connectivity index (χ2n) is 4.08. The van der Waals surface area contributed by atoms with E-state index in [4.69, 9.17) is 15.9 Å². The van der Waals surface area contributed by atoms with Gasteiger partial charge >= 0.3 is 0 Å². The Kier molecular flexibility index (Phi) is 4.10. The van der Waals surface area contributed by atoms with Gasteiger partial charge in [-0.25, -0.2) is 4.98 Å². The summed E-state index contributed by atoms with van der Waals surface area (Å²) < 4.78 is 1.68. The Bertz CT molecular complexity index is 603. The normalized spacial score (nSPS) is 11.5. The zero-order valence-corrected chi connectivity index (χ0v) is 10.2. The monoisotopic (exact) mass is 268 g/mol. The number of nitrogens with one attached hydrogen (secondary N) is 2. The molecule has 0 unspecified atom stereocenters. The van der Waals surface area contributed by atoms with Gasteiger partial charge in [-0.05, 0) is 0 Å². The molecule has 0 fully saturated rings. The summed E-state index contributed by atoms with van der Waals surface area (Å²) in [5, 5.41) is 20.8. The van der Waals surface area contributed by atoms with E-state index in [1.165, 1.54) is 6.33 Å². The van der Waals surface area contributed by atoms with Gasteiger partial charge in [-0.1, -0.05) is 0 Å². The third-order valence-electron chi connectivity index (χ3n) is 2.72. The molecule has 0 spiro atoms. The molecule has 2 heterocycles. The molecule has 0 atom stereocenters. The molecule has 9 heteroatoms. The SMILES string of the molecule is Nc1nc2c(ncn2CCNC(CO)CO)c(=O)[nH]1. The van der Waals surface area contributed by atoms with Crippen LogP contribution in [0, 0.1) is 0 Å². The van der Waals surface area contributed by atoms with E-state index in [0.717, 1.165) is 0 Å². The molecule has 6 N–H and O–H groups in total. The van der Waals surface area contributed by atoms with Crippen LogP contribution >= 0.6 is 0 Å². The van der Waals surface area contributed by atoms with Crippen molar-refractivity contribution >= 4 is 17.1 Å². The van der Waals surface area contributed by atoms with Crippen LogP contribution in [0.25, 0.3) is 11.2 Å². The Morgan fingerprint density at radius 1 is 1.47 bits per heavy atom. The van der Waals surface area contributed by atoms with Crippen LogP contribution < -0.4 is 16.6 Å². The molecular formula is C10H16N6O3. The Morgan fingerprint density at radius 2 is 2.21 bits per heavy atom. The zero-order chi connectivity index (χ0) is 13.8. The van der Waals surface area contributed by atoms with Gasteiger partial charge in [0.05, 0.1) is 25.6 Å². The Hall–Kier alpha value is -1.97. The highest BCUT2D eigenvalue weighted by Crippen LogP contribution is 2.05. The maximum atomic E-state index is 11.6. The van der Waals surface area contributed by atoms with Crippen LogP contribution in [0.2, 0.25) is 0 Å². The fraction of sp³-hybridized carbons (Fsp3) is 0.500. The number of aliphatic hydroxyl groups is 2. The van der Waals surface area contributed by atoms with E-state index in [2.05, 4.69) is 20.3 Å². The predicted molar refractivity (Wildman–Crippen MR) is 68.5 cm³/mol. The minimum Gasteiger partial charge on any atom is -0.395 e. The second-order valence-corrected chi connectivity index (χ2v) is 4.08. The van der Waals surface area contributed by atoms with E-state index < -0.39 is 0 Å². The topological polar surface area (TPSA) is 142 Å². The summed E-state index contributed by atoms with van der Waals surface area (Å²) in [6, 6.07) is -0.365. The number of nitrogens with zero attached hydrogens (tertiary/aromatic N) is 3. The van der Waals surface area contributed by atoms with E-state index in [-0.39, 0.29) is 36.3 Å². The van der Waals surface area contributed by atoms with E-state index in [1.54, 1.807) is 4.57 Å². The van der Waals surface area contributed by atoms with Gasteiger partial charge in [0.15, 0.2) is 11.2 Å². The summed E-state index contributed by atoms with van der Waals surface area (Å²) in [6.45, 7) is 0.687. The average molecular weight is 268 g/mol. The Morgan fingerprint density at radius 3 is 2.89 bits per heavy atom. The third kappa shape index (κ3) is 2.89. The number of aliphatic hydroxyl groups excluding tert-OH is 2. The highest BCUT2D eigenvalue weighted by molar-refractivity contribution is 5.70. The zero-order valence-electron chi connectivity index (χ0n) is 10.2. The minimum atomic E-state index is -0.377. The summed E-state index contributed by atoms with van der Waals surface area (Å²) in [7, 11) is 0. The standard InChI is InChI=1S/C10H16N6O3/c11-10-14-8-7(9(19)15-10)13-5-16(8)2-1-12-6(3-17)4-18/h5-6,12,17-18H,1-4H2,(H3,11,14,15,19). The van der Waals surface area contributed by atoms with Gasteiger partial charge in [-0.2, -0.15) is 4.98 Å². The number of hydrogen-bond acceptors (Lipinski definition) is 7. The molecule has 104 valence electrons. The van der Waals surface area contributed by atoms with Crippen LogP contribution in [0.4, 0.5) is 5.95 Å². The molecule has 0 saturated heterocycles. The third-order valence-corrected chi connectivity index (χ3v) is 2.72. The number of imidazole rings is 1. The van der Waals surface area contributed by atoms with Crippen molar-refractivity contribution in [2.75, 3.05) is 25.5 Å². The molecule has 19 heavy (non-hydrogen) atoms. The fourth-order valence-electron chi connectivity index (χ4n) is 1.71. The number of aromatic amines is 1. The van der Waals surface area contributed by atoms with Gasteiger partial charge in [0.25, 0.3) is 5.56 Å². The van der Waals surface area contributed by atoms with Crippen molar-refractivity contribution in [1.82, 2.24) is 24.8 Å². The molecule has 0 aromatic carbocycles. The summed E-state index contributed by atoms with van der Waals surface area (Å²) in [5.41, 5.74) is 5.75. The first kappa shape index (κ1) is 13.5. The van der Waals surface area contributed by atoms with Crippen molar-refractivity contribution in [2.24, 2.45) is 0 Å². The molecule has 0 radical (unpaired) electrons. The van der Waals surface area contributed by atoms with Crippen LogP contribution in [0.5, 0.6) is 0 Å². The predicted octanol–water partition coefficient (Wildman–Crippen LogP) is -2.36. The maximum Gasteiger partial charge on any atom is 0.280 e. The lowest BCUT2D eigenvalue weighted by Gasteiger charge is -2.13. The molecule has 0 aliphatic carbocycles. The molecule has 0 amide bonds. The first-order valence-corrected chi connectivity index (χ1v) is 5.81. The average Bonchev–Trinajstić information content (AvgIpc) is 2.78. The van der Waals surface area contributed by atoms with Crippen LogP contribution in [0.3, 0.4) is 0 Å².